The van der Waals surface area contributed by atoms with E-state index in [0.29, 0.717) is 6.04 Å². The summed E-state index contributed by atoms with van der Waals surface area (Å²) < 4.78 is 42.9. The summed E-state index contributed by atoms with van der Waals surface area (Å²) in [7, 11) is 1.73. The van der Waals surface area contributed by atoms with Crippen molar-refractivity contribution in [3.8, 4) is 0 Å². The number of nitrogens with zero attached hydrogens (tertiary/aromatic N) is 2. The molecule has 0 spiro atoms. The number of thiophene rings is 1. The number of methoxy groups -OCH3 is 1. The number of hydrogen-bond acceptors (Lipinski definition) is 6. The van der Waals surface area contributed by atoms with Crippen molar-refractivity contribution in [1.82, 2.24) is 9.80 Å². The number of carboxylic acid groups (broad SMARTS) is 1. The van der Waals surface area contributed by atoms with Gasteiger partial charge >= 0.3 is 12.1 Å². The fourth-order valence-electron chi connectivity index (χ4n) is 3.39. The molecule has 11 heteroatoms. The van der Waals surface area contributed by atoms with Crippen molar-refractivity contribution >= 4 is 23.2 Å². The Balaban J connectivity index is 0.000000370. The molecule has 2 saturated heterocycles. The molecule has 0 saturated carbocycles. The summed E-state index contributed by atoms with van der Waals surface area (Å²) in [4.78, 5) is 27.1. The van der Waals surface area contributed by atoms with E-state index in [1.807, 2.05) is 23.3 Å². The van der Waals surface area contributed by atoms with Gasteiger partial charge in [0.05, 0.1) is 30.9 Å². The van der Waals surface area contributed by atoms with Gasteiger partial charge in [-0.2, -0.15) is 13.2 Å². The largest absolute Gasteiger partial charge is 0.490 e. The SMILES string of the molecule is COCCN1CCO[C@H]2CCN(C(=O)c3ccsc3C)C[C@@H]21.O=C(O)C(F)(F)F. The van der Waals surface area contributed by atoms with Crippen LogP contribution >= 0.6 is 11.3 Å². The molecule has 1 aromatic heterocycles. The lowest BCUT2D eigenvalue weighted by atomic mass is 9.98. The molecule has 1 amide bonds. The minimum atomic E-state index is -5.08. The zero-order valence-electron chi connectivity index (χ0n) is 16.3. The number of likely N-dealkylation sites (tertiary alicyclic amines) is 1. The maximum absolute atomic E-state index is 12.7. The van der Waals surface area contributed by atoms with Crippen LogP contribution in [0.3, 0.4) is 0 Å². The van der Waals surface area contributed by atoms with Gasteiger partial charge in [-0.25, -0.2) is 4.79 Å². The first-order chi connectivity index (χ1) is 13.6. The predicted molar refractivity (Wildman–Crippen MR) is 100 cm³/mol. The van der Waals surface area contributed by atoms with Gasteiger partial charge in [-0.3, -0.25) is 9.69 Å². The molecule has 2 aliphatic heterocycles. The molecule has 0 aromatic carbocycles. The number of morpholine rings is 1. The molecule has 2 fully saturated rings. The molecule has 0 aliphatic carbocycles. The van der Waals surface area contributed by atoms with Crippen molar-refractivity contribution in [2.45, 2.75) is 31.7 Å². The second kappa shape index (κ2) is 10.4. The van der Waals surface area contributed by atoms with Crippen molar-refractivity contribution < 1.29 is 37.3 Å². The highest BCUT2D eigenvalue weighted by molar-refractivity contribution is 7.10. The lowest BCUT2D eigenvalue weighted by molar-refractivity contribution is -0.192. The molecule has 1 aromatic rings. The number of aliphatic carboxylic acids is 1. The Bertz CT molecular complexity index is 697. The summed E-state index contributed by atoms with van der Waals surface area (Å²) in [5.41, 5.74) is 0.851. The van der Waals surface area contributed by atoms with Crippen molar-refractivity contribution in [2.24, 2.45) is 0 Å². The molecule has 3 rings (SSSR count). The number of ether oxygens (including phenoxy) is 2. The van der Waals surface area contributed by atoms with E-state index < -0.39 is 12.1 Å². The first-order valence-electron chi connectivity index (χ1n) is 9.13. The first-order valence-corrected chi connectivity index (χ1v) is 10.0. The molecule has 0 radical (unpaired) electrons. The third kappa shape index (κ3) is 6.39. The molecule has 0 bridgehead atoms. The second-order valence-electron chi connectivity index (χ2n) is 6.74. The highest BCUT2D eigenvalue weighted by atomic mass is 32.1. The number of halogens is 3. The normalized spacial score (nSPS) is 22.4. The Morgan fingerprint density at radius 3 is 2.62 bits per heavy atom. The second-order valence-corrected chi connectivity index (χ2v) is 7.86. The average molecular weight is 438 g/mol. The summed E-state index contributed by atoms with van der Waals surface area (Å²) >= 11 is 1.63. The molecule has 7 nitrogen and oxygen atoms in total. The number of rotatable bonds is 4. The molecule has 29 heavy (non-hydrogen) atoms. The molecule has 2 aliphatic rings. The molecule has 0 unspecified atom stereocenters. The van der Waals surface area contributed by atoms with E-state index in [-0.39, 0.29) is 12.0 Å². The number of carboxylic acids is 1. The lowest BCUT2D eigenvalue weighted by Crippen LogP contribution is -2.61. The van der Waals surface area contributed by atoms with E-state index in [1.165, 1.54) is 0 Å². The van der Waals surface area contributed by atoms with Crippen LogP contribution in [0.1, 0.15) is 21.7 Å². The number of alkyl halides is 3. The Labute approximate surface area is 171 Å². The van der Waals surface area contributed by atoms with Gasteiger partial charge in [0.1, 0.15) is 0 Å². The Morgan fingerprint density at radius 2 is 2.07 bits per heavy atom. The smallest absolute Gasteiger partial charge is 0.475 e. The Morgan fingerprint density at radius 1 is 1.38 bits per heavy atom. The van der Waals surface area contributed by atoms with Crippen LogP contribution in [0.25, 0.3) is 0 Å². The number of aryl methyl sites for hydroxylation is 1. The summed E-state index contributed by atoms with van der Waals surface area (Å²) in [6.45, 7) is 6.88. The van der Waals surface area contributed by atoms with Crippen LogP contribution in [0.5, 0.6) is 0 Å². The van der Waals surface area contributed by atoms with Crippen LogP contribution in [0.2, 0.25) is 0 Å². The highest BCUT2D eigenvalue weighted by Crippen LogP contribution is 2.25. The Kier molecular flexibility index (Phi) is 8.44. The van der Waals surface area contributed by atoms with Gasteiger partial charge in [0.15, 0.2) is 0 Å². The first kappa shape index (κ1) is 23.6. The van der Waals surface area contributed by atoms with Gasteiger partial charge in [-0.05, 0) is 24.8 Å². The number of carbonyl (C=O) groups excluding carboxylic acids is 1. The summed E-state index contributed by atoms with van der Waals surface area (Å²) in [6.07, 6.45) is -3.92. The zero-order chi connectivity index (χ0) is 21.6. The lowest BCUT2D eigenvalue weighted by Gasteiger charge is -2.47. The third-order valence-corrected chi connectivity index (χ3v) is 5.75. The predicted octanol–water partition coefficient (Wildman–Crippen LogP) is 2.25. The number of hydrogen-bond donors (Lipinski definition) is 1. The molecular weight excluding hydrogens is 413 g/mol. The van der Waals surface area contributed by atoms with Crippen LogP contribution in [-0.4, -0.2) is 91.6 Å². The number of piperidine rings is 1. The van der Waals surface area contributed by atoms with Crippen molar-refractivity contribution in [1.29, 1.82) is 0 Å². The van der Waals surface area contributed by atoms with Crippen molar-refractivity contribution in [3.63, 3.8) is 0 Å². The van der Waals surface area contributed by atoms with E-state index in [4.69, 9.17) is 19.4 Å². The van der Waals surface area contributed by atoms with Gasteiger partial charge in [-0.15, -0.1) is 11.3 Å². The van der Waals surface area contributed by atoms with Crippen molar-refractivity contribution in [3.05, 3.63) is 21.9 Å². The number of fused-ring (bicyclic) bond motifs is 1. The summed E-state index contributed by atoms with van der Waals surface area (Å²) in [6, 6.07) is 2.23. The van der Waals surface area contributed by atoms with E-state index in [2.05, 4.69) is 4.90 Å². The maximum atomic E-state index is 12.7. The minimum absolute atomic E-state index is 0.162. The summed E-state index contributed by atoms with van der Waals surface area (Å²) in [5.74, 6) is -2.60. The topological polar surface area (TPSA) is 79.3 Å². The fourth-order valence-corrected chi connectivity index (χ4v) is 4.08. The van der Waals surface area contributed by atoms with Crippen molar-refractivity contribution in [2.75, 3.05) is 46.5 Å². The molecule has 3 heterocycles. The summed E-state index contributed by atoms with van der Waals surface area (Å²) in [5, 5.41) is 9.12. The average Bonchev–Trinajstić information content (AvgIpc) is 3.11. The van der Waals surface area contributed by atoms with E-state index in [0.717, 1.165) is 56.3 Å². The zero-order valence-corrected chi connectivity index (χ0v) is 17.1. The number of amides is 1. The standard InChI is InChI=1S/C16H24N2O3S.C2HF3O2/c1-12-13(4-10-22-12)16(19)18-5-3-15-14(11-18)17(6-8-20-2)7-9-21-15;3-2(4,5)1(6)7/h4,10,14-15H,3,5-9,11H2,1-2H3;(H,6,7)/t14-,15-;/m0./s1. The molecule has 164 valence electrons. The van der Waals surface area contributed by atoms with Gasteiger partial charge < -0.3 is 19.5 Å². The van der Waals surface area contributed by atoms with E-state index in [1.54, 1.807) is 18.4 Å². The quantitative estimate of drug-likeness (QED) is 0.777. The third-order valence-electron chi connectivity index (χ3n) is 4.90. The maximum Gasteiger partial charge on any atom is 0.490 e. The molecule has 2 atom stereocenters. The van der Waals surface area contributed by atoms with Gasteiger partial charge in [-0.1, -0.05) is 0 Å². The fraction of sp³-hybridized carbons (Fsp3) is 0.667. The minimum Gasteiger partial charge on any atom is -0.475 e. The van der Waals surface area contributed by atoms with Crippen LogP contribution < -0.4 is 0 Å². The van der Waals surface area contributed by atoms with Crippen LogP contribution in [0.15, 0.2) is 11.4 Å². The highest BCUT2D eigenvalue weighted by Gasteiger charge is 2.39. The monoisotopic (exact) mass is 438 g/mol. The number of carbonyl (C=O) groups is 2. The molecular formula is C18H25F3N2O5S. The van der Waals surface area contributed by atoms with E-state index >= 15 is 0 Å². The van der Waals surface area contributed by atoms with Gasteiger partial charge in [0.25, 0.3) is 5.91 Å². The molecule has 1 N–H and O–H groups in total. The van der Waals surface area contributed by atoms with Crippen LogP contribution in [0.4, 0.5) is 13.2 Å². The Hall–Kier alpha value is -1.69. The van der Waals surface area contributed by atoms with Crippen LogP contribution in [-0.2, 0) is 14.3 Å². The van der Waals surface area contributed by atoms with Crippen LogP contribution in [0, 0.1) is 6.92 Å². The van der Waals surface area contributed by atoms with Gasteiger partial charge in [0, 0.05) is 38.2 Å². The van der Waals surface area contributed by atoms with E-state index in [9.17, 15) is 18.0 Å². The van der Waals surface area contributed by atoms with Gasteiger partial charge in [0.2, 0.25) is 0 Å².